The van der Waals surface area contributed by atoms with Gasteiger partial charge in [0, 0.05) is 49.7 Å². The summed E-state index contributed by atoms with van der Waals surface area (Å²) < 4.78 is 33.4. The predicted molar refractivity (Wildman–Crippen MR) is 112 cm³/mol. The number of pyridine rings is 1. The smallest absolute Gasteiger partial charge is 0.246 e. The van der Waals surface area contributed by atoms with E-state index in [1.807, 2.05) is 13.0 Å². The minimum Gasteiger partial charge on any atom is -0.378 e. The summed E-state index contributed by atoms with van der Waals surface area (Å²) in [5.41, 5.74) is 3.33. The van der Waals surface area contributed by atoms with E-state index >= 15 is 0 Å². The van der Waals surface area contributed by atoms with Crippen molar-refractivity contribution in [2.24, 2.45) is 0 Å². The number of nitrogens with one attached hydrogen (secondary N) is 1. The highest BCUT2D eigenvalue weighted by atomic mass is 19.1. The Hall–Kier alpha value is -3.11. The molecule has 162 valence electrons. The third-order valence-corrected chi connectivity index (χ3v) is 5.64. The Kier molecular flexibility index (Phi) is 5.24. The predicted octanol–water partition coefficient (Wildman–Crippen LogP) is 2.51. The number of benzene rings is 1. The summed E-state index contributed by atoms with van der Waals surface area (Å²) in [6.45, 7) is 7.71. The first kappa shape index (κ1) is 19.8. The highest BCUT2D eigenvalue weighted by Gasteiger charge is 2.29. The Labute approximate surface area is 178 Å². The lowest BCUT2D eigenvalue weighted by Crippen LogP contribution is -2.56. The first-order valence-electron chi connectivity index (χ1n) is 10.2. The summed E-state index contributed by atoms with van der Waals surface area (Å²) in [7, 11) is 0. The molecule has 31 heavy (non-hydrogen) atoms. The highest BCUT2D eigenvalue weighted by molar-refractivity contribution is 5.64. The molecule has 3 aromatic rings. The topological polar surface area (TPSA) is 71.3 Å². The minimum atomic E-state index is -0.909. The van der Waals surface area contributed by atoms with Crippen LogP contribution in [0, 0.1) is 18.8 Å². The molecule has 0 radical (unpaired) electrons. The molecule has 10 heteroatoms. The number of anilines is 3. The van der Waals surface area contributed by atoms with E-state index in [0.29, 0.717) is 12.0 Å². The van der Waals surface area contributed by atoms with Gasteiger partial charge in [-0.05, 0) is 30.7 Å². The fourth-order valence-electron chi connectivity index (χ4n) is 3.96. The Morgan fingerprint density at radius 3 is 2.39 bits per heavy atom. The molecular weight excluding hydrogens is 404 g/mol. The van der Waals surface area contributed by atoms with Crippen molar-refractivity contribution < 1.29 is 13.5 Å². The number of aromatic nitrogens is 4. The van der Waals surface area contributed by atoms with Gasteiger partial charge in [0.25, 0.3) is 0 Å². The maximum absolute atomic E-state index is 13.4. The van der Waals surface area contributed by atoms with Crippen LogP contribution in [0.2, 0.25) is 0 Å². The Bertz CT molecular complexity index is 1060. The van der Waals surface area contributed by atoms with Gasteiger partial charge < -0.3 is 15.0 Å². The number of aryl methyl sites for hydroxylation is 1. The summed E-state index contributed by atoms with van der Waals surface area (Å²) in [4.78, 5) is 12.2. The first-order valence-corrected chi connectivity index (χ1v) is 10.2. The van der Waals surface area contributed by atoms with Gasteiger partial charge in [-0.2, -0.15) is 18.7 Å². The molecule has 4 heterocycles. The Morgan fingerprint density at radius 1 is 0.968 bits per heavy atom. The molecule has 0 saturated carbocycles. The molecular formula is C21H23F2N7O. The van der Waals surface area contributed by atoms with Crippen LogP contribution in [0.15, 0.2) is 36.7 Å². The zero-order valence-corrected chi connectivity index (χ0v) is 17.1. The zero-order chi connectivity index (χ0) is 21.4. The van der Waals surface area contributed by atoms with Crippen molar-refractivity contribution in [1.82, 2.24) is 24.6 Å². The van der Waals surface area contributed by atoms with Gasteiger partial charge in [-0.1, -0.05) is 0 Å². The fraction of sp³-hybridized carbons (Fsp3) is 0.381. The standard InChI is InChI=1S/C21H23F2N7O/c1-14-6-15(8-16(7-14)28-2-4-29(5-3-28)18-11-31-12-18)25-21-24-13-30(27-21)17-9-19(22)26-20(23)10-17/h6-10,13,18H,2-5,11-12H2,1H3,(H,25,27). The number of hydrogen-bond donors (Lipinski definition) is 1. The van der Waals surface area contributed by atoms with Crippen LogP contribution >= 0.6 is 0 Å². The normalized spacial score (nSPS) is 17.6. The molecule has 0 bridgehead atoms. The number of hydrogen-bond acceptors (Lipinski definition) is 7. The molecule has 0 unspecified atom stereocenters. The SMILES string of the molecule is Cc1cc(Nc2ncn(-c3cc(F)nc(F)c3)n2)cc(N2CCN(C3COC3)CC2)c1. The summed E-state index contributed by atoms with van der Waals surface area (Å²) in [6.07, 6.45) is 1.40. The monoisotopic (exact) mass is 427 g/mol. The van der Waals surface area contributed by atoms with Crippen LogP contribution in [-0.2, 0) is 4.74 Å². The molecule has 2 aliphatic heterocycles. The quantitative estimate of drug-likeness (QED) is 0.628. The van der Waals surface area contributed by atoms with E-state index in [1.165, 1.54) is 11.0 Å². The van der Waals surface area contributed by atoms with Crippen LogP contribution in [0.4, 0.5) is 26.1 Å². The van der Waals surface area contributed by atoms with Crippen molar-refractivity contribution in [2.75, 3.05) is 49.6 Å². The maximum Gasteiger partial charge on any atom is 0.246 e. The van der Waals surface area contributed by atoms with E-state index in [4.69, 9.17) is 4.74 Å². The van der Waals surface area contributed by atoms with Crippen LogP contribution in [0.3, 0.4) is 0 Å². The molecule has 0 aliphatic carbocycles. The number of nitrogens with zero attached hydrogens (tertiary/aromatic N) is 6. The molecule has 2 saturated heterocycles. The lowest BCUT2D eigenvalue weighted by Gasteiger charge is -2.43. The van der Waals surface area contributed by atoms with Crippen molar-refractivity contribution in [3.63, 3.8) is 0 Å². The van der Waals surface area contributed by atoms with Crippen molar-refractivity contribution >= 4 is 17.3 Å². The van der Waals surface area contributed by atoms with Crippen LogP contribution < -0.4 is 10.2 Å². The van der Waals surface area contributed by atoms with E-state index in [0.717, 1.165) is 68.5 Å². The fourth-order valence-corrected chi connectivity index (χ4v) is 3.96. The number of ether oxygens (including phenoxy) is 1. The van der Waals surface area contributed by atoms with Crippen LogP contribution in [0.1, 0.15) is 5.56 Å². The second-order valence-electron chi connectivity index (χ2n) is 7.88. The van der Waals surface area contributed by atoms with E-state index in [1.54, 1.807) is 0 Å². The summed E-state index contributed by atoms with van der Waals surface area (Å²) >= 11 is 0. The van der Waals surface area contributed by atoms with Gasteiger partial charge >= 0.3 is 0 Å². The summed E-state index contributed by atoms with van der Waals surface area (Å²) in [6, 6.07) is 9.02. The van der Waals surface area contributed by atoms with Gasteiger partial charge in [0.1, 0.15) is 6.33 Å². The second kappa shape index (κ2) is 8.20. The van der Waals surface area contributed by atoms with Gasteiger partial charge in [-0.15, -0.1) is 5.10 Å². The Balaban J connectivity index is 1.29. The third-order valence-electron chi connectivity index (χ3n) is 5.64. The van der Waals surface area contributed by atoms with Crippen LogP contribution in [0.5, 0.6) is 0 Å². The molecule has 1 aromatic carbocycles. The lowest BCUT2D eigenvalue weighted by molar-refractivity contribution is -0.0660. The molecule has 1 N–H and O–H groups in total. The average Bonchev–Trinajstić information content (AvgIpc) is 3.14. The van der Waals surface area contributed by atoms with Gasteiger partial charge in [-0.3, -0.25) is 4.90 Å². The van der Waals surface area contributed by atoms with Gasteiger partial charge in [-0.25, -0.2) is 4.68 Å². The summed E-state index contributed by atoms with van der Waals surface area (Å²) in [5, 5.41) is 7.47. The van der Waals surface area contributed by atoms with Gasteiger partial charge in [0.2, 0.25) is 17.8 Å². The number of piperazine rings is 1. The van der Waals surface area contributed by atoms with Crippen LogP contribution in [0.25, 0.3) is 5.69 Å². The molecule has 0 amide bonds. The largest absolute Gasteiger partial charge is 0.378 e. The highest BCUT2D eigenvalue weighted by Crippen LogP contribution is 2.26. The minimum absolute atomic E-state index is 0.213. The van der Waals surface area contributed by atoms with E-state index in [9.17, 15) is 8.78 Å². The molecule has 0 atom stereocenters. The molecule has 8 nitrogen and oxygen atoms in total. The average molecular weight is 427 g/mol. The molecule has 2 aliphatic rings. The summed E-state index contributed by atoms with van der Waals surface area (Å²) in [5.74, 6) is -1.48. The van der Waals surface area contributed by atoms with Crippen molar-refractivity contribution in [1.29, 1.82) is 0 Å². The number of rotatable bonds is 5. The van der Waals surface area contributed by atoms with Crippen molar-refractivity contribution in [3.8, 4) is 5.69 Å². The second-order valence-corrected chi connectivity index (χ2v) is 7.88. The first-order chi connectivity index (χ1) is 15.0. The van der Waals surface area contributed by atoms with E-state index in [2.05, 4.69) is 42.3 Å². The zero-order valence-electron chi connectivity index (χ0n) is 17.1. The van der Waals surface area contributed by atoms with Crippen LogP contribution in [-0.4, -0.2) is 70.1 Å². The lowest BCUT2D eigenvalue weighted by atomic mass is 10.1. The van der Waals surface area contributed by atoms with Gasteiger partial charge in [0.15, 0.2) is 0 Å². The number of halogens is 2. The third kappa shape index (κ3) is 4.35. The molecule has 2 fully saturated rings. The molecule has 2 aromatic heterocycles. The van der Waals surface area contributed by atoms with Crippen molar-refractivity contribution in [3.05, 3.63) is 54.1 Å². The van der Waals surface area contributed by atoms with E-state index in [-0.39, 0.29) is 5.69 Å². The molecule has 0 spiro atoms. The molecule has 5 rings (SSSR count). The van der Waals surface area contributed by atoms with E-state index < -0.39 is 11.9 Å². The Morgan fingerprint density at radius 2 is 1.71 bits per heavy atom. The van der Waals surface area contributed by atoms with Crippen molar-refractivity contribution in [2.45, 2.75) is 13.0 Å². The maximum atomic E-state index is 13.4. The van der Waals surface area contributed by atoms with Gasteiger partial charge in [0.05, 0.1) is 24.9 Å².